The molecule has 4 rings (SSSR count). The lowest BCUT2D eigenvalue weighted by atomic mass is 10.2. The van der Waals surface area contributed by atoms with E-state index in [1.165, 1.54) is 0 Å². The second-order valence-corrected chi connectivity index (χ2v) is 6.12. The molecule has 0 aliphatic rings. The number of halogens is 1. The largest absolute Gasteiger partial charge is 0.318 e. The van der Waals surface area contributed by atoms with Crippen LogP contribution in [0.3, 0.4) is 0 Å². The van der Waals surface area contributed by atoms with E-state index in [0.717, 1.165) is 38.8 Å². The summed E-state index contributed by atoms with van der Waals surface area (Å²) < 4.78 is 2.15. The maximum atomic E-state index is 6.13. The van der Waals surface area contributed by atoms with Crippen LogP contribution in [0.25, 0.3) is 22.6 Å². The zero-order valence-corrected chi connectivity index (χ0v) is 13.9. The van der Waals surface area contributed by atoms with E-state index in [0.29, 0.717) is 6.54 Å². The summed E-state index contributed by atoms with van der Waals surface area (Å²) in [6.45, 7) is 2.59. The average molecular weight is 335 g/mol. The molecule has 0 unspecified atom stereocenters. The summed E-state index contributed by atoms with van der Waals surface area (Å²) in [6, 6.07) is 16.0. The van der Waals surface area contributed by atoms with E-state index in [4.69, 9.17) is 16.6 Å². The fraction of sp³-hybridized carbons (Fsp3) is 0.105. The quantitative estimate of drug-likeness (QED) is 0.554. The maximum Gasteiger partial charge on any atom is 0.161 e. The Morgan fingerprint density at radius 2 is 1.88 bits per heavy atom. The van der Waals surface area contributed by atoms with Gasteiger partial charge in [0, 0.05) is 17.8 Å². The topological polar surface area (TPSA) is 43.6 Å². The molecule has 4 aromatic rings. The van der Waals surface area contributed by atoms with Crippen LogP contribution in [0.4, 0.5) is 0 Å². The normalized spacial score (nSPS) is 11.1. The van der Waals surface area contributed by atoms with Gasteiger partial charge < -0.3 is 4.57 Å². The monoisotopic (exact) mass is 334 g/mol. The Morgan fingerprint density at radius 3 is 2.67 bits per heavy atom. The molecular weight excluding hydrogens is 320 g/mol. The molecule has 4 nitrogen and oxygen atoms in total. The van der Waals surface area contributed by atoms with E-state index in [9.17, 15) is 0 Å². The highest BCUT2D eigenvalue weighted by atomic mass is 35.5. The second kappa shape index (κ2) is 6.06. The van der Waals surface area contributed by atoms with E-state index >= 15 is 0 Å². The molecule has 2 heterocycles. The van der Waals surface area contributed by atoms with Gasteiger partial charge in [0.25, 0.3) is 0 Å². The van der Waals surface area contributed by atoms with Crippen LogP contribution in [0.15, 0.2) is 60.9 Å². The number of hydrogen-bond donors (Lipinski definition) is 0. The highest BCUT2D eigenvalue weighted by molar-refractivity contribution is 6.30. The highest BCUT2D eigenvalue weighted by Gasteiger charge is 2.14. The van der Waals surface area contributed by atoms with Crippen molar-refractivity contribution in [3.8, 4) is 11.5 Å². The van der Waals surface area contributed by atoms with Crippen molar-refractivity contribution in [1.82, 2.24) is 19.5 Å². The van der Waals surface area contributed by atoms with Gasteiger partial charge in [0.15, 0.2) is 5.82 Å². The highest BCUT2D eigenvalue weighted by Crippen LogP contribution is 2.25. The molecule has 24 heavy (non-hydrogen) atoms. The number of para-hydroxylation sites is 2. The first-order chi connectivity index (χ1) is 11.7. The Morgan fingerprint density at radius 1 is 1.00 bits per heavy atom. The number of aryl methyl sites for hydroxylation is 1. The first-order valence-electron chi connectivity index (χ1n) is 7.69. The molecule has 0 amide bonds. The average Bonchev–Trinajstić information content (AvgIpc) is 2.94. The number of rotatable bonds is 3. The summed E-state index contributed by atoms with van der Waals surface area (Å²) >= 11 is 6.13. The Kier molecular flexibility index (Phi) is 3.75. The van der Waals surface area contributed by atoms with Gasteiger partial charge in [-0.25, -0.2) is 9.97 Å². The molecule has 0 N–H and O–H groups in total. The molecule has 0 aliphatic carbocycles. The molecule has 2 aromatic heterocycles. The first kappa shape index (κ1) is 14.8. The Labute approximate surface area is 144 Å². The molecule has 0 radical (unpaired) electrons. The van der Waals surface area contributed by atoms with Gasteiger partial charge in [0.1, 0.15) is 5.69 Å². The van der Waals surface area contributed by atoms with E-state index in [1.54, 1.807) is 12.4 Å². The molecule has 0 fully saturated rings. The number of hydrogen-bond acceptors (Lipinski definition) is 3. The molecular formula is C19H15ClN4. The standard InChI is InChI=1S/C19H15ClN4/c1-13-10-22-17(11-21-13)19-23-16-7-2-3-8-18(16)24(19)12-14-5-4-6-15(20)9-14/h2-11H,12H2,1H3. The first-order valence-corrected chi connectivity index (χ1v) is 8.07. The van der Waals surface area contributed by atoms with Crippen molar-refractivity contribution in [2.75, 3.05) is 0 Å². The minimum Gasteiger partial charge on any atom is -0.318 e. The van der Waals surface area contributed by atoms with Gasteiger partial charge in [-0.2, -0.15) is 0 Å². The third-order valence-corrected chi connectivity index (χ3v) is 4.13. The van der Waals surface area contributed by atoms with Crippen LogP contribution in [-0.2, 0) is 6.54 Å². The number of nitrogens with zero attached hydrogens (tertiary/aromatic N) is 4. The fourth-order valence-corrected chi connectivity index (χ4v) is 2.97. The molecule has 0 spiro atoms. The van der Waals surface area contributed by atoms with Crippen molar-refractivity contribution in [2.45, 2.75) is 13.5 Å². The van der Waals surface area contributed by atoms with Crippen LogP contribution in [0.5, 0.6) is 0 Å². The van der Waals surface area contributed by atoms with Gasteiger partial charge in [-0.3, -0.25) is 4.98 Å². The SMILES string of the molecule is Cc1cnc(-c2nc3ccccc3n2Cc2cccc(Cl)c2)cn1. The van der Waals surface area contributed by atoms with Gasteiger partial charge >= 0.3 is 0 Å². The van der Waals surface area contributed by atoms with Gasteiger partial charge in [0.2, 0.25) is 0 Å². The summed E-state index contributed by atoms with van der Waals surface area (Å²) in [5.41, 5.74) is 4.77. The van der Waals surface area contributed by atoms with Crippen molar-refractivity contribution in [2.24, 2.45) is 0 Å². The van der Waals surface area contributed by atoms with E-state index in [2.05, 4.69) is 26.7 Å². The molecule has 0 aliphatic heterocycles. The Bertz CT molecular complexity index is 1010. The minimum atomic E-state index is 0.673. The lowest BCUT2D eigenvalue weighted by Gasteiger charge is -2.09. The molecule has 0 saturated carbocycles. The number of fused-ring (bicyclic) bond motifs is 1. The fourth-order valence-electron chi connectivity index (χ4n) is 2.76. The van der Waals surface area contributed by atoms with Crippen LogP contribution in [0.1, 0.15) is 11.3 Å². The van der Waals surface area contributed by atoms with E-state index < -0.39 is 0 Å². The van der Waals surface area contributed by atoms with E-state index in [-0.39, 0.29) is 0 Å². The number of benzene rings is 2. The van der Waals surface area contributed by atoms with Crippen LogP contribution >= 0.6 is 11.6 Å². The Hall–Kier alpha value is -2.72. The summed E-state index contributed by atoms with van der Waals surface area (Å²) in [4.78, 5) is 13.6. The van der Waals surface area contributed by atoms with Crippen LogP contribution in [0.2, 0.25) is 5.02 Å². The molecule has 0 atom stereocenters. The zero-order valence-electron chi connectivity index (χ0n) is 13.1. The van der Waals surface area contributed by atoms with Gasteiger partial charge in [-0.15, -0.1) is 0 Å². The van der Waals surface area contributed by atoms with Crippen molar-refractivity contribution >= 4 is 22.6 Å². The predicted molar refractivity (Wildman–Crippen MR) is 96.1 cm³/mol. The van der Waals surface area contributed by atoms with Gasteiger partial charge in [-0.05, 0) is 36.8 Å². The maximum absolute atomic E-state index is 6.13. The Balaban J connectivity index is 1.88. The molecule has 0 bridgehead atoms. The summed E-state index contributed by atoms with van der Waals surface area (Å²) in [6.07, 6.45) is 3.53. The van der Waals surface area contributed by atoms with Gasteiger partial charge in [0.05, 0.1) is 22.9 Å². The number of imidazole rings is 1. The van der Waals surface area contributed by atoms with Gasteiger partial charge in [-0.1, -0.05) is 35.9 Å². The third-order valence-electron chi connectivity index (χ3n) is 3.89. The minimum absolute atomic E-state index is 0.673. The summed E-state index contributed by atoms with van der Waals surface area (Å²) in [7, 11) is 0. The lowest BCUT2D eigenvalue weighted by Crippen LogP contribution is -2.03. The van der Waals surface area contributed by atoms with Crippen molar-refractivity contribution in [3.05, 3.63) is 77.2 Å². The van der Waals surface area contributed by atoms with Crippen molar-refractivity contribution in [3.63, 3.8) is 0 Å². The van der Waals surface area contributed by atoms with Crippen molar-refractivity contribution in [1.29, 1.82) is 0 Å². The lowest BCUT2D eigenvalue weighted by molar-refractivity contribution is 0.829. The second-order valence-electron chi connectivity index (χ2n) is 5.68. The smallest absolute Gasteiger partial charge is 0.161 e. The van der Waals surface area contributed by atoms with Crippen LogP contribution < -0.4 is 0 Å². The number of aromatic nitrogens is 4. The van der Waals surface area contributed by atoms with E-state index in [1.807, 2.05) is 43.3 Å². The third kappa shape index (κ3) is 2.76. The summed E-state index contributed by atoms with van der Waals surface area (Å²) in [5.74, 6) is 0.809. The van der Waals surface area contributed by atoms with Crippen LogP contribution in [0, 0.1) is 6.92 Å². The summed E-state index contributed by atoms with van der Waals surface area (Å²) in [5, 5.41) is 0.730. The van der Waals surface area contributed by atoms with Crippen LogP contribution in [-0.4, -0.2) is 19.5 Å². The molecule has 5 heteroatoms. The zero-order chi connectivity index (χ0) is 16.5. The molecule has 2 aromatic carbocycles. The predicted octanol–water partition coefficient (Wildman–Crippen LogP) is 4.50. The molecule has 118 valence electrons. The van der Waals surface area contributed by atoms with Crippen molar-refractivity contribution < 1.29 is 0 Å². The molecule has 0 saturated heterocycles.